The lowest BCUT2D eigenvalue weighted by atomic mass is 9.97. The number of aryl methyl sites for hydroxylation is 2. The van der Waals surface area contributed by atoms with E-state index in [0.29, 0.717) is 29.9 Å². The number of carbonyl (C=O) groups is 1. The van der Waals surface area contributed by atoms with Gasteiger partial charge in [-0.2, -0.15) is 0 Å². The van der Waals surface area contributed by atoms with Crippen molar-refractivity contribution in [1.29, 1.82) is 0 Å². The van der Waals surface area contributed by atoms with E-state index >= 15 is 0 Å². The number of hydrogen-bond donors (Lipinski definition) is 1. The number of nitrogens with zero attached hydrogens (tertiary/aromatic N) is 2. The molecule has 0 bridgehead atoms. The van der Waals surface area contributed by atoms with Gasteiger partial charge in [0.15, 0.2) is 0 Å². The van der Waals surface area contributed by atoms with Crippen molar-refractivity contribution >= 4 is 28.6 Å². The fraction of sp³-hybridized carbons (Fsp3) is 0.350. The van der Waals surface area contributed by atoms with Crippen LogP contribution in [0.3, 0.4) is 0 Å². The van der Waals surface area contributed by atoms with Gasteiger partial charge in [0.05, 0.1) is 6.04 Å². The van der Waals surface area contributed by atoms with Crippen LogP contribution in [0.25, 0.3) is 0 Å². The first-order chi connectivity index (χ1) is 13.0. The first-order valence-electron chi connectivity index (χ1n) is 9.00. The molecule has 0 aromatic carbocycles. The summed E-state index contributed by atoms with van der Waals surface area (Å²) in [6.07, 6.45) is 1.62. The van der Waals surface area contributed by atoms with Gasteiger partial charge in [-0.25, -0.2) is 4.98 Å². The number of nitrogens with one attached hydrogen (secondary N) is 1. The Hall–Kier alpha value is -2.25. The Labute approximate surface area is 165 Å². The molecular formula is C20H21N3O2S2. The molecule has 3 aromatic rings. The molecule has 5 nitrogen and oxygen atoms in total. The lowest BCUT2D eigenvalue weighted by molar-refractivity contribution is -0.133. The van der Waals surface area contributed by atoms with Gasteiger partial charge < -0.3 is 9.88 Å². The minimum absolute atomic E-state index is 0.0111. The first-order valence-corrected chi connectivity index (χ1v) is 10.8. The summed E-state index contributed by atoms with van der Waals surface area (Å²) in [5, 5.41) is 4.17. The summed E-state index contributed by atoms with van der Waals surface area (Å²) in [7, 11) is 0. The summed E-state index contributed by atoms with van der Waals surface area (Å²) < 4.78 is 0. The highest BCUT2D eigenvalue weighted by molar-refractivity contribution is 7.10. The molecule has 1 N–H and O–H groups in total. The number of amides is 1. The highest BCUT2D eigenvalue weighted by atomic mass is 32.1. The van der Waals surface area contributed by atoms with Crippen LogP contribution in [-0.2, 0) is 17.6 Å². The molecule has 3 aromatic heterocycles. The monoisotopic (exact) mass is 399 g/mol. The summed E-state index contributed by atoms with van der Waals surface area (Å²) in [6.45, 7) is 4.31. The number of aromatic nitrogens is 2. The number of aromatic amines is 1. The third kappa shape index (κ3) is 3.49. The van der Waals surface area contributed by atoms with Crippen LogP contribution < -0.4 is 5.56 Å². The van der Waals surface area contributed by atoms with Crippen LogP contribution in [0.5, 0.6) is 0 Å². The smallest absolute Gasteiger partial charge is 0.254 e. The van der Waals surface area contributed by atoms with E-state index in [4.69, 9.17) is 0 Å². The molecule has 0 fully saturated rings. The fourth-order valence-corrected chi connectivity index (χ4v) is 5.52. The predicted octanol–water partition coefficient (Wildman–Crippen LogP) is 3.62. The summed E-state index contributed by atoms with van der Waals surface area (Å²) in [6, 6.07) is 6.26. The Morgan fingerprint density at radius 2 is 2.15 bits per heavy atom. The second kappa shape index (κ2) is 7.40. The Balaban J connectivity index is 1.57. The zero-order valence-electron chi connectivity index (χ0n) is 15.3. The molecule has 0 unspecified atom stereocenters. The second-order valence-corrected chi connectivity index (χ2v) is 8.75. The van der Waals surface area contributed by atoms with E-state index in [-0.39, 0.29) is 17.5 Å². The van der Waals surface area contributed by atoms with Gasteiger partial charge in [0.1, 0.15) is 5.82 Å². The number of rotatable bonds is 4. The van der Waals surface area contributed by atoms with Crippen molar-refractivity contribution in [3.63, 3.8) is 0 Å². The quantitative estimate of drug-likeness (QED) is 0.729. The molecule has 0 saturated carbocycles. The van der Waals surface area contributed by atoms with Gasteiger partial charge in [0.2, 0.25) is 5.91 Å². The molecule has 0 saturated heterocycles. The summed E-state index contributed by atoms with van der Waals surface area (Å²) >= 11 is 3.45. The van der Waals surface area contributed by atoms with Crippen LogP contribution in [0.1, 0.15) is 44.9 Å². The Kier molecular flexibility index (Phi) is 4.97. The van der Waals surface area contributed by atoms with Crippen molar-refractivity contribution < 1.29 is 4.79 Å². The van der Waals surface area contributed by atoms with Crippen molar-refractivity contribution in [2.24, 2.45) is 0 Å². The fourth-order valence-electron chi connectivity index (χ4n) is 3.76. The van der Waals surface area contributed by atoms with E-state index in [2.05, 4.69) is 32.9 Å². The standard InChI is InChI=1S/C20H21N3O2S2/c1-12-14(20(25)22-13(2)21-12)5-6-18(24)23-9-7-16-15(8-11-27-16)19(23)17-4-3-10-26-17/h3-4,8,10-11,19H,5-7,9H2,1-2H3,(H,21,22,25)/t19-/m1/s1. The third-order valence-corrected chi connectivity index (χ3v) is 6.95. The largest absolute Gasteiger partial charge is 0.330 e. The van der Waals surface area contributed by atoms with E-state index in [1.165, 1.54) is 15.3 Å². The number of fused-ring (bicyclic) bond motifs is 1. The van der Waals surface area contributed by atoms with Crippen LogP contribution >= 0.6 is 22.7 Å². The van der Waals surface area contributed by atoms with E-state index in [0.717, 1.165) is 13.0 Å². The second-order valence-electron chi connectivity index (χ2n) is 6.77. The maximum absolute atomic E-state index is 13.1. The number of thiophene rings is 2. The molecule has 0 aliphatic carbocycles. The maximum Gasteiger partial charge on any atom is 0.254 e. The molecule has 1 amide bonds. The Bertz CT molecular complexity index is 1020. The zero-order valence-corrected chi connectivity index (χ0v) is 17.0. The van der Waals surface area contributed by atoms with Gasteiger partial charge >= 0.3 is 0 Å². The minimum atomic E-state index is -0.138. The summed E-state index contributed by atoms with van der Waals surface area (Å²) in [5.41, 5.74) is 2.42. The molecule has 1 aliphatic rings. The van der Waals surface area contributed by atoms with Crippen molar-refractivity contribution in [3.05, 3.63) is 71.7 Å². The molecule has 7 heteroatoms. The lowest BCUT2D eigenvalue weighted by Crippen LogP contribution is -2.40. The van der Waals surface area contributed by atoms with Crippen LogP contribution in [-0.4, -0.2) is 27.3 Å². The Morgan fingerprint density at radius 1 is 1.30 bits per heavy atom. The van der Waals surface area contributed by atoms with Crippen LogP contribution in [0.2, 0.25) is 0 Å². The molecule has 1 atom stereocenters. The van der Waals surface area contributed by atoms with Gasteiger partial charge in [-0.05, 0) is 55.1 Å². The first kappa shape index (κ1) is 18.1. The summed E-state index contributed by atoms with van der Waals surface area (Å²) in [4.78, 5) is 36.9. The number of carbonyl (C=O) groups excluding carboxylic acids is 1. The van der Waals surface area contributed by atoms with Crippen molar-refractivity contribution in [1.82, 2.24) is 14.9 Å². The molecule has 0 radical (unpaired) electrons. The van der Waals surface area contributed by atoms with Gasteiger partial charge in [-0.3, -0.25) is 9.59 Å². The van der Waals surface area contributed by atoms with Crippen molar-refractivity contribution in [3.8, 4) is 0 Å². The molecule has 4 heterocycles. The Morgan fingerprint density at radius 3 is 2.89 bits per heavy atom. The SMILES string of the molecule is Cc1nc(C)c(CCC(=O)N2CCc3sccc3[C@@H]2c2cccs2)c(=O)[nH]1. The molecule has 0 spiro atoms. The maximum atomic E-state index is 13.1. The van der Waals surface area contributed by atoms with Crippen LogP contribution in [0.15, 0.2) is 33.8 Å². The average Bonchev–Trinajstić information content (AvgIpc) is 3.31. The van der Waals surface area contributed by atoms with Crippen LogP contribution in [0, 0.1) is 13.8 Å². The van der Waals surface area contributed by atoms with Gasteiger partial charge in [-0.15, -0.1) is 22.7 Å². The van der Waals surface area contributed by atoms with E-state index < -0.39 is 0 Å². The van der Waals surface area contributed by atoms with Gasteiger partial charge in [0, 0.05) is 34.0 Å². The summed E-state index contributed by atoms with van der Waals surface area (Å²) in [5.74, 6) is 0.691. The molecule has 140 valence electrons. The zero-order chi connectivity index (χ0) is 19.0. The topological polar surface area (TPSA) is 66.1 Å². The number of hydrogen-bond acceptors (Lipinski definition) is 5. The van der Waals surface area contributed by atoms with E-state index in [9.17, 15) is 9.59 Å². The van der Waals surface area contributed by atoms with Crippen LogP contribution in [0.4, 0.5) is 0 Å². The van der Waals surface area contributed by atoms with Crippen molar-refractivity contribution in [2.75, 3.05) is 6.54 Å². The molecule has 27 heavy (non-hydrogen) atoms. The normalized spacial score (nSPS) is 16.4. The molecule has 4 rings (SSSR count). The minimum Gasteiger partial charge on any atom is -0.330 e. The van der Waals surface area contributed by atoms with E-state index in [1.54, 1.807) is 29.6 Å². The average molecular weight is 400 g/mol. The highest BCUT2D eigenvalue weighted by Gasteiger charge is 2.33. The predicted molar refractivity (Wildman–Crippen MR) is 109 cm³/mol. The number of H-pyrrole nitrogens is 1. The molecule has 1 aliphatic heterocycles. The van der Waals surface area contributed by atoms with E-state index in [1.807, 2.05) is 17.9 Å². The highest BCUT2D eigenvalue weighted by Crippen LogP contribution is 2.39. The van der Waals surface area contributed by atoms with Gasteiger partial charge in [-0.1, -0.05) is 6.07 Å². The van der Waals surface area contributed by atoms with Crippen molar-refractivity contribution in [2.45, 2.75) is 39.2 Å². The third-order valence-electron chi connectivity index (χ3n) is 5.03. The lowest BCUT2D eigenvalue weighted by Gasteiger charge is -2.35. The van der Waals surface area contributed by atoms with Gasteiger partial charge in [0.25, 0.3) is 5.56 Å². The molecular weight excluding hydrogens is 378 g/mol.